The van der Waals surface area contributed by atoms with Gasteiger partial charge in [-0.1, -0.05) is 26.8 Å². The van der Waals surface area contributed by atoms with E-state index in [-0.39, 0.29) is 11.0 Å². The fraction of sp³-hybridized carbons (Fsp3) is 0.647. The molecule has 1 aromatic rings. The zero-order valence-electron chi connectivity index (χ0n) is 14.7. The quantitative estimate of drug-likeness (QED) is 0.560. The molecule has 5 heteroatoms. The Bertz CT molecular complexity index is 495. The van der Waals surface area contributed by atoms with Gasteiger partial charge in [-0.05, 0) is 37.2 Å². The fourth-order valence-electron chi connectivity index (χ4n) is 1.68. The van der Waals surface area contributed by atoms with E-state index >= 15 is 0 Å². The number of carbonyl (C=O) groups is 1. The summed E-state index contributed by atoms with van der Waals surface area (Å²) >= 11 is 0. The van der Waals surface area contributed by atoms with Crippen LogP contribution in [0.5, 0.6) is 0 Å². The number of aromatic nitrogens is 1. The summed E-state index contributed by atoms with van der Waals surface area (Å²) in [6.45, 7) is 13.9. The number of nitrogens with zero attached hydrogens (tertiary/aromatic N) is 1. The molecule has 124 valence electrons. The Morgan fingerprint density at radius 3 is 2.45 bits per heavy atom. The topological polar surface area (TPSA) is 48.4 Å². The Hall–Kier alpha value is -1.20. The summed E-state index contributed by atoms with van der Waals surface area (Å²) in [6.07, 6.45) is 0.972. The van der Waals surface area contributed by atoms with Crippen LogP contribution in [0.15, 0.2) is 18.2 Å². The minimum atomic E-state index is -1.77. The molecule has 0 radical (unpaired) electrons. The average Bonchev–Trinajstić information content (AvgIpc) is 2.43. The molecular formula is C17H29NO3Si. The first-order valence-corrected chi connectivity index (χ1v) is 10.8. The van der Waals surface area contributed by atoms with Gasteiger partial charge in [-0.2, -0.15) is 0 Å². The van der Waals surface area contributed by atoms with Crippen LogP contribution < -0.4 is 0 Å². The zero-order chi connectivity index (χ0) is 16.8. The molecule has 1 rings (SSSR count). The third kappa shape index (κ3) is 5.89. The third-order valence-electron chi connectivity index (χ3n) is 4.14. The molecule has 0 aromatic carbocycles. The Morgan fingerprint density at radius 1 is 1.23 bits per heavy atom. The van der Waals surface area contributed by atoms with Gasteiger partial charge in [0.25, 0.3) is 0 Å². The maximum absolute atomic E-state index is 11.4. The summed E-state index contributed by atoms with van der Waals surface area (Å²) < 4.78 is 11.1. The monoisotopic (exact) mass is 323 g/mol. The molecule has 0 saturated heterocycles. The Morgan fingerprint density at radius 2 is 1.86 bits per heavy atom. The van der Waals surface area contributed by atoms with Crippen LogP contribution in [0.1, 0.15) is 45.5 Å². The summed E-state index contributed by atoms with van der Waals surface area (Å²) in [5, 5.41) is 0.189. The highest BCUT2D eigenvalue weighted by Crippen LogP contribution is 2.36. The lowest BCUT2D eigenvalue weighted by molar-refractivity contribution is -0.143. The van der Waals surface area contributed by atoms with Crippen molar-refractivity contribution in [1.82, 2.24) is 4.98 Å². The van der Waals surface area contributed by atoms with Crippen molar-refractivity contribution in [2.24, 2.45) is 0 Å². The molecule has 0 atom stereocenters. The predicted molar refractivity (Wildman–Crippen MR) is 91.2 cm³/mol. The van der Waals surface area contributed by atoms with Crippen molar-refractivity contribution < 1.29 is 14.0 Å². The van der Waals surface area contributed by atoms with Gasteiger partial charge in [0.1, 0.15) is 0 Å². The molecule has 22 heavy (non-hydrogen) atoms. The van der Waals surface area contributed by atoms with Crippen LogP contribution in [-0.4, -0.2) is 25.9 Å². The number of esters is 1. The van der Waals surface area contributed by atoms with Crippen LogP contribution in [0.4, 0.5) is 0 Å². The summed E-state index contributed by atoms with van der Waals surface area (Å²) in [5.74, 6) is -0.174. The maximum atomic E-state index is 11.4. The SMILES string of the molecule is CCOC(=O)CCc1cccc(CO[Si](C)(C)C(C)(C)C)n1. The van der Waals surface area contributed by atoms with Crippen LogP contribution in [0.25, 0.3) is 0 Å². The molecule has 0 aliphatic carbocycles. The normalized spacial score (nSPS) is 12.3. The Kier molecular flexibility index (Phi) is 6.75. The highest BCUT2D eigenvalue weighted by Gasteiger charge is 2.37. The molecule has 1 aromatic heterocycles. The lowest BCUT2D eigenvalue weighted by Gasteiger charge is -2.36. The van der Waals surface area contributed by atoms with Crippen LogP contribution in [-0.2, 0) is 27.0 Å². The second-order valence-corrected chi connectivity index (χ2v) is 11.8. The highest BCUT2D eigenvalue weighted by molar-refractivity contribution is 6.74. The van der Waals surface area contributed by atoms with Crippen molar-refractivity contribution in [3.05, 3.63) is 29.6 Å². The van der Waals surface area contributed by atoms with Gasteiger partial charge in [0, 0.05) is 12.1 Å². The van der Waals surface area contributed by atoms with E-state index in [0.717, 1.165) is 11.4 Å². The van der Waals surface area contributed by atoms with Crippen molar-refractivity contribution in [3.8, 4) is 0 Å². The number of carbonyl (C=O) groups excluding carboxylic acids is 1. The Labute approximate surface area is 135 Å². The Balaban J connectivity index is 2.59. The fourth-order valence-corrected chi connectivity index (χ4v) is 2.62. The number of ether oxygens (including phenoxy) is 1. The first-order chi connectivity index (χ1) is 10.2. The van der Waals surface area contributed by atoms with Gasteiger partial charge in [-0.15, -0.1) is 0 Å². The van der Waals surface area contributed by atoms with E-state index in [2.05, 4.69) is 38.8 Å². The molecule has 0 spiro atoms. The maximum Gasteiger partial charge on any atom is 0.306 e. The second-order valence-electron chi connectivity index (χ2n) is 6.97. The second kappa shape index (κ2) is 7.88. The van der Waals surface area contributed by atoms with E-state index in [4.69, 9.17) is 9.16 Å². The molecule has 0 N–H and O–H groups in total. The standard InChI is InChI=1S/C17H29NO3Si/c1-7-20-16(19)12-11-14-9-8-10-15(18-14)13-21-22(5,6)17(2,3)4/h8-10H,7,11-13H2,1-6H3. The van der Waals surface area contributed by atoms with Crippen molar-refractivity contribution in [2.75, 3.05) is 6.61 Å². The minimum Gasteiger partial charge on any atom is -0.466 e. The van der Waals surface area contributed by atoms with Gasteiger partial charge < -0.3 is 9.16 Å². The van der Waals surface area contributed by atoms with E-state index in [1.54, 1.807) is 0 Å². The lowest BCUT2D eigenvalue weighted by Crippen LogP contribution is -2.40. The summed E-state index contributed by atoms with van der Waals surface area (Å²) in [7, 11) is -1.77. The number of pyridine rings is 1. The van der Waals surface area contributed by atoms with E-state index in [9.17, 15) is 4.79 Å². The van der Waals surface area contributed by atoms with E-state index in [1.165, 1.54) is 0 Å². The van der Waals surface area contributed by atoms with Gasteiger partial charge in [0.05, 0.1) is 25.3 Å². The molecule has 0 unspecified atom stereocenters. The molecule has 0 amide bonds. The van der Waals surface area contributed by atoms with Crippen molar-refractivity contribution in [2.45, 2.75) is 65.3 Å². The average molecular weight is 324 g/mol. The zero-order valence-corrected chi connectivity index (χ0v) is 15.7. The summed E-state index contributed by atoms with van der Waals surface area (Å²) in [4.78, 5) is 16.0. The lowest BCUT2D eigenvalue weighted by atomic mass is 10.2. The number of hydrogen-bond donors (Lipinski definition) is 0. The van der Waals surface area contributed by atoms with Crippen molar-refractivity contribution in [1.29, 1.82) is 0 Å². The first kappa shape index (κ1) is 18.8. The smallest absolute Gasteiger partial charge is 0.306 e. The predicted octanol–water partition coefficient (Wildman–Crippen LogP) is 4.10. The van der Waals surface area contributed by atoms with Gasteiger partial charge in [0.2, 0.25) is 0 Å². The molecule has 0 saturated carbocycles. The van der Waals surface area contributed by atoms with Gasteiger partial charge in [0.15, 0.2) is 8.32 Å². The van der Waals surface area contributed by atoms with Gasteiger partial charge >= 0.3 is 5.97 Å². The molecular weight excluding hydrogens is 294 g/mol. The molecule has 1 heterocycles. The van der Waals surface area contributed by atoms with Crippen molar-refractivity contribution >= 4 is 14.3 Å². The number of hydrogen-bond acceptors (Lipinski definition) is 4. The molecule has 0 aliphatic heterocycles. The molecule has 0 fully saturated rings. The number of rotatable bonds is 7. The van der Waals surface area contributed by atoms with Crippen LogP contribution >= 0.6 is 0 Å². The third-order valence-corrected chi connectivity index (χ3v) is 8.62. The van der Waals surface area contributed by atoms with Gasteiger partial charge in [-0.25, -0.2) is 0 Å². The first-order valence-electron chi connectivity index (χ1n) is 7.90. The minimum absolute atomic E-state index is 0.174. The highest BCUT2D eigenvalue weighted by atomic mass is 28.4. The van der Waals surface area contributed by atoms with E-state index < -0.39 is 8.32 Å². The van der Waals surface area contributed by atoms with E-state index in [0.29, 0.717) is 26.1 Å². The summed E-state index contributed by atoms with van der Waals surface area (Å²) in [6, 6.07) is 5.88. The summed E-state index contributed by atoms with van der Waals surface area (Å²) in [5.41, 5.74) is 1.83. The molecule has 0 aliphatic rings. The number of aryl methyl sites for hydroxylation is 1. The van der Waals surface area contributed by atoms with Crippen LogP contribution in [0.2, 0.25) is 18.1 Å². The van der Waals surface area contributed by atoms with Gasteiger partial charge in [-0.3, -0.25) is 9.78 Å². The van der Waals surface area contributed by atoms with Crippen molar-refractivity contribution in [3.63, 3.8) is 0 Å². The van der Waals surface area contributed by atoms with Crippen LogP contribution in [0.3, 0.4) is 0 Å². The largest absolute Gasteiger partial charge is 0.466 e. The molecule has 4 nitrogen and oxygen atoms in total. The van der Waals surface area contributed by atoms with E-state index in [1.807, 2.05) is 25.1 Å². The van der Waals surface area contributed by atoms with Crippen LogP contribution in [0, 0.1) is 0 Å². The molecule has 0 bridgehead atoms.